The summed E-state index contributed by atoms with van der Waals surface area (Å²) < 4.78 is 0. The lowest BCUT2D eigenvalue weighted by molar-refractivity contribution is 0.264. The minimum atomic E-state index is 0.692. The van der Waals surface area contributed by atoms with E-state index in [-0.39, 0.29) is 0 Å². The van der Waals surface area contributed by atoms with Crippen molar-refractivity contribution in [1.82, 2.24) is 4.90 Å². The largest absolute Gasteiger partial charge is 0.329 e. The molecule has 2 aromatic carbocycles. The van der Waals surface area contributed by atoms with Gasteiger partial charge in [0.25, 0.3) is 0 Å². The quantitative estimate of drug-likeness (QED) is 0.871. The molecule has 0 fully saturated rings. The van der Waals surface area contributed by atoms with Crippen molar-refractivity contribution in [2.24, 2.45) is 5.73 Å². The topological polar surface area (TPSA) is 29.3 Å². The van der Waals surface area contributed by atoms with Crippen LogP contribution in [0.3, 0.4) is 0 Å². The summed E-state index contributed by atoms with van der Waals surface area (Å²) in [6, 6.07) is 17.2. The Balaban J connectivity index is 2.11. The number of nitrogens with two attached hydrogens (primary N) is 1. The first-order valence-corrected chi connectivity index (χ1v) is 7.21. The first-order chi connectivity index (χ1) is 9.69. The van der Waals surface area contributed by atoms with Gasteiger partial charge in [-0.2, -0.15) is 0 Å². The molecular formula is C18H24N2. The monoisotopic (exact) mass is 268 g/mol. The normalized spacial score (nSPS) is 11.0. The maximum absolute atomic E-state index is 5.76. The molecular weight excluding hydrogens is 244 g/mol. The van der Waals surface area contributed by atoms with Crippen molar-refractivity contribution in [2.45, 2.75) is 26.9 Å². The smallest absolute Gasteiger partial charge is 0.0240 e. The van der Waals surface area contributed by atoms with Gasteiger partial charge in [0.15, 0.2) is 0 Å². The predicted octanol–water partition coefficient (Wildman–Crippen LogP) is 3.26. The molecule has 0 aliphatic heterocycles. The van der Waals surface area contributed by atoms with Gasteiger partial charge in [0, 0.05) is 26.2 Å². The highest BCUT2D eigenvalue weighted by Crippen LogP contribution is 2.15. The summed E-state index contributed by atoms with van der Waals surface area (Å²) >= 11 is 0. The summed E-state index contributed by atoms with van der Waals surface area (Å²) in [6.07, 6.45) is 0. The van der Waals surface area contributed by atoms with Crippen LogP contribution in [-0.4, -0.2) is 18.0 Å². The zero-order chi connectivity index (χ0) is 14.4. The summed E-state index contributed by atoms with van der Waals surface area (Å²) in [4.78, 5) is 2.41. The molecule has 0 aliphatic rings. The molecule has 0 amide bonds. The predicted molar refractivity (Wildman–Crippen MR) is 85.5 cm³/mol. The van der Waals surface area contributed by atoms with E-state index in [0.29, 0.717) is 6.54 Å². The average molecular weight is 268 g/mol. The van der Waals surface area contributed by atoms with Gasteiger partial charge in [0.2, 0.25) is 0 Å². The Labute approximate surface area is 122 Å². The first kappa shape index (κ1) is 14.8. The second-order valence-corrected chi connectivity index (χ2v) is 5.41. The maximum atomic E-state index is 5.76. The van der Waals surface area contributed by atoms with E-state index in [0.717, 1.165) is 19.6 Å². The third-order valence-electron chi connectivity index (χ3n) is 3.59. The fourth-order valence-electron chi connectivity index (χ4n) is 2.45. The van der Waals surface area contributed by atoms with Gasteiger partial charge in [-0.25, -0.2) is 0 Å². The minimum Gasteiger partial charge on any atom is -0.329 e. The van der Waals surface area contributed by atoms with Crippen molar-refractivity contribution >= 4 is 0 Å². The molecule has 2 heteroatoms. The van der Waals surface area contributed by atoms with Crippen LogP contribution in [0.1, 0.15) is 22.3 Å². The van der Waals surface area contributed by atoms with Gasteiger partial charge in [-0.1, -0.05) is 54.1 Å². The van der Waals surface area contributed by atoms with Crippen molar-refractivity contribution in [3.8, 4) is 0 Å². The molecule has 0 saturated carbocycles. The number of aryl methyl sites for hydroxylation is 2. The fourth-order valence-corrected chi connectivity index (χ4v) is 2.45. The van der Waals surface area contributed by atoms with Crippen LogP contribution in [0.4, 0.5) is 0 Å². The van der Waals surface area contributed by atoms with Crippen LogP contribution < -0.4 is 5.73 Å². The number of benzene rings is 2. The zero-order valence-electron chi connectivity index (χ0n) is 12.5. The van der Waals surface area contributed by atoms with E-state index in [9.17, 15) is 0 Å². The molecule has 0 bridgehead atoms. The lowest BCUT2D eigenvalue weighted by Gasteiger charge is -2.23. The van der Waals surface area contributed by atoms with E-state index >= 15 is 0 Å². The zero-order valence-corrected chi connectivity index (χ0v) is 12.5. The van der Waals surface area contributed by atoms with Crippen LogP contribution in [-0.2, 0) is 13.1 Å². The van der Waals surface area contributed by atoms with Crippen molar-refractivity contribution < 1.29 is 0 Å². The van der Waals surface area contributed by atoms with Crippen LogP contribution in [0.5, 0.6) is 0 Å². The van der Waals surface area contributed by atoms with Crippen LogP contribution >= 0.6 is 0 Å². The van der Waals surface area contributed by atoms with Gasteiger partial charge in [0.1, 0.15) is 0 Å². The third kappa shape index (κ3) is 4.19. The molecule has 0 heterocycles. The van der Waals surface area contributed by atoms with Crippen LogP contribution in [0.15, 0.2) is 48.5 Å². The van der Waals surface area contributed by atoms with Crippen molar-refractivity contribution in [3.63, 3.8) is 0 Å². The number of rotatable bonds is 6. The minimum absolute atomic E-state index is 0.692. The summed E-state index contributed by atoms with van der Waals surface area (Å²) in [6.45, 7) is 7.84. The summed E-state index contributed by atoms with van der Waals surface area (Å²) in [5, 5.41) is 0. The van der Waals surface area contributed by atoms with E-state index in [1.54, 1.807) is 0 Å². The van der Waals surface area contributed by atoms with Crippen LogP contribution in [0.25, 0.3) is 0 Å². The first-order valence-electron chi connectivity index (χ1n) is 7.21. The van der Waals surface area contributed by atoms with Crippen molar-refractivity contribution in [3.05, 3.63) is 70.8 Å². The van der Waals surface area contributed by atoms with E-state index in [4.69, 9.17) is 5.73 Å². The molecule has 2 N–H and O–H groups in total. The molecule has 20 heavy (non-hydrogen) atoms. The van der Waals surface area contributed by atoms with Gasteiger partial charge < -0.3 is 5.73 Å². The standard InChI is InChI=1S/C18H24N2/c1-15-8-9-16(2)18(12-15)14-20(11-10-19)13-17-6-4-3-5-7-17/h3-9,12H,10-11,13-14,19H2,1-2H3. The van der Waals surface area contributed by atoms with Gasteiger partial charge in [0.05, 0.1) is 0 Å². The SMILES string of the molecule is Cc1ccc(C)c(CN(CCN)Cc2ccccc2)c1. The Morgan fingerprint density at radius 3 is 2.40 bits per heavy atom. The Morgan fingerprint density at radius 2 is 1.70 bits per heavy atom. The molecule has 0 spiro atoms. The second-order valence-electron chi connectivity index (χ2n) is 5.41. The van der Waals surface area contributed by atoms with Crippen LogP contribution in [0, 0.1) is 13.8 Å². The number of hydrogen-bond acceptors (Lipinski definition) is 2. The third-order valence-corrected chi connectivity index (χ3v) is 3.59. The maximum Gasteiger partial charge on any atom is 0.0240 e. The molecule has 0 radical (unpaired) electrons. The summed E-state index contributed by atoms with van der Waals surface area (Å²) in [5.41, 5.74) is 11.2. The summed E-state index contributed by atoms with van der Waals surface area (Å²) in [7, 11) is 0. The highest BCUT2D eigenvalue weighted by Gasteiger charge is 2.08. The lowest BCUT2D eigenvalue weighted by Crippen LogP contribution is -2.29. The van der Waals surface area contributed by atoms with Gasteiger partial charge in [-0.05, 0) is 30.5 Å². The highest BCUT2D eigenvalue weighted by molar-refractivity contribution is 5.30. The Morgan fingerprint density at radius 1 is 0.950 bits per heavy atom. The number of hydrogen-bond donors (Lipinski definition) is 1. The van der Waals surface area contributed by atoms with E-state index in [1.165, 1.54) is 22.3 Å². The number of nitrogens with zero attached hydrogens (tertiary/aromatic N) is 1. The second kappa shape index (κ2) is 7.22. The average Bonchev–Trinajstić information content (AvgIpc) is 2.44. The molecule has 0 unspecified atom stereocenters. The Bertz CT molecular complexity index is 534. The molecule has 0 aliphatic carbocycles. The van der Waals surface area contributed by atoms with E-state index in [1.807, 2.05) is 0 Å². The van der Waals surface area contributed by atoms with Crippen molar-refractivity contribution in [1.29, 1.82) is 0 Å². The summed E-state index contributed by atoms with van der Waals surface area (Å²) in [5.74, 6) is 0. The fraction of sp³-hybridized carbons (Fsp3) is 0.333. The van der Waals surface area contributed by atoms with Crippen molar-refractivity contribution in [2.75, 3.05) is 13.1 Å². The molecule has 0 atom stereocenters. The van der Waals surface area contributed by atoms with Gasteiger partial charge in [-0.15, -0.1) is 0 Å². The molecule has 2 nitrogen and oxygen atoms in total. The molecule has 0 saturated heterocycles. The molecule has 2 rings (SSSR count). The van der Waals surface area contributed by atoms with Gasteiger partial charge in [-0.3, -0.25) is 4.90 Å². The highest BCUT2D eigenvalue weighted by atomic mass is 15.1. The van der Waals surface area contributed by atoms with Crippen LogP contribution in [0.2, 0.25) is 0 Å². The Kier molecular flexibility index (Phi) is 5.33. The van der Waals surface area contributed by atoms with E-state index < -0.39 is 0 Å². The van der Waals surface area contributed by atoms with E-state index in [2.05, 4.69) is 67.3 Å². The Hall–Kier alpha value is -1.64. The lowest BCUT2D eigenvalue weighted by atomic mass is 10.0. The van der Waals surface area contributed by atoms with Gasteiger partial charge >= 0.3 is 0 Å². The molecule has 106 valence electrons. The molecule has 0 aromatic heterocycles. The molecule has 2 aromatic rings.